The molecule has 0 atom stereocenters. The highest BCUT2D eigenvalue weighted by molar-refractivity contribution is 7.90. The topological polar surface area (TPSA) is 96.6 Å². The van der Waals surface area contributed by atoms with Crippen LogP contribution >= 0.6 is 0 Å². The molecule has 146 valence electrons. The lowest BCUT2D eigenvalue weighted by Crippen LogP contribution is -2.32. The van der Waals surface area contributed by atoms with Gasteiger partial charge in [-0.3, -0.25) is 4.79 Å². The van der Waals surface area contributed by atoms with Crippen molar-refractivity contribution in [3.8, 4) is 11.5 Å². The molecule has 2 aromatic carbocycles. The third-order valence-corrected chi connectivity index (χ3v) is 5.84. The smallest absolute Gasteiger partial charge is 0.349 e. The van der Waals surface area contributed by atoms with Crippen molar-refractivity contribution in [2.75, 3.05) is 14.2 Å². The molecule has 0 unspecified atom stereocenters. The Hall–Kier alpha value is -3.33. The molecule has 1 heterocycles. The lowest BCUT2D eigenvalue weighted by Gasteiger charge is -2.11. The number of benzene rings is 2. The minimum absolute atomic E-state index is 0.0515. The van der Waals surface area contributed by atoms with E-state index >= 15 is 0 Å². The van der Waals surface area contributed by atoms with Crippen LogP contribution in [0.4, 0.5) is 0 Å². The van der Waals surface area contributed by atoms with Crippen molar-refractivity contribution in [1.29, 1.82) is 0 Å². The Bertz CT molecular complexity index is 1190. The van der Waals surface area contributed by atoms with Gasteiger partial charge in [-0.05, 0) is 31.2 Å². The fourth-order valence-electron chi connectivity index (χ4n) is 2.71. The van der Waals surface area contributed by atoms with Crippen molar-refractivity contribution in [2.45, 2.75) is 11.8 Å². The quantitative estimate of drug-likeness (QED) is 0.647. The van der Waals surface area contributed by atoms with Crippen molar-refractivity contribution >= 4 is 15.9 Å². The maximum Gasteiger partial charge on any atom is 0.349 e. The molecule has 0 aliphatic rings. The van der Waals surface area contributed by atoms with Crippen LogP contribution in [0.1, 0.15) is 15.9 Å². The summed E-state index contributed by atoms with van der Waals surface area (Å²) in [5.41, 5.74) is -0.0611. The Kier molecular flexibility index (Phi) is 5.10. The molecule has 1 aromatic heterocycles. The molecule has 3 aromatic rings. The first-order valence-electron chi connectivity index (χ1n) is 8.19. The molecule has 0 saturated carbocycles. The van der Waals surface area contributed by atoms with E-state index in [0.717, 1.165) is 18.0 Å². The molecule has 0 aliphatic heterocycles. The fourth-order valence-corrected chi connectivity index (χ4v) is 3.92. The van der Waals surface area contributed by atoms with Crippen LogP contribution in [0.3, 0.4) is 0 Å². The summed E-state index contributed by atoms with van der Waals surface area (Å²) < 4.78 is 37.1. The predicted octanol–water partition coefficient (Wildman–Crippen LogP) is 1.90. The number of hydrogen-bond acceptors (Lipinski definition) is 6. The Morgan fingerprint density at radius 3 is 2.25 bits per heavy atom. The number of imidazole rings is 1. The van der Waals surface area contributed by atoms with Crippen LogP contribution in [0.15, 0.2) is 64.5 Å². The summed E-state index contributed by atoms with van der Waals surface area (Å²) in [6, 6.07) is 10.7. The number of carbonyl (C=O) groups is 1. The number of aryl methyl sites for hydroxylation is 1. The SMILES string of the molecule is COc1cccc(C(=O)n2ccn(S(=O)(=O)c3ccc(C)cc3)c2=O)c1OC. The zero-order valence-electron chi connectivity index (χ0n) is 15.4. The van der Waals surface area contributed by atoms with Crippen LogP contribution in [-0.4, -0.2) is 37.1 Å². The van der Waals surface area contributed by atoms with E-state index in [1.165, 1.54) is 32.4 Å². The molecule has 9 heteroatoms. The van der Waals surface area contributed by atoms with Crippen LogP contribution in [-0.2, 0) is 10.0 Å². The van der Waals surface area contributed by atoms with Gasteiger partial charge in [-0.15, -0.1) is 0 Å². The Balaban J connectivity index is 2.08. The van der Waals surface area contributed by atoms with Gasteiger partial charge < -0.3 is 9.47 Å². The molecular weight excluding hydrogens is 384 g/mol. The lowest BCUT2D eigenvalue weighted by atomic mass is 10.1. The van der Waals surface area contributed by atoms with Gasteiger partial charge in [0.05, 0.1) is 24.7 Å². The van der Waals surface area contributed by atoms with Crippen LogP contribution < -0.4 is 15.2 Å². The molecular formula is C19H18N2O6S. The summed E-state index contributed by atoms with van der Waals surface area (Å²) in [5.74, 6) is -0.275. The fraction of sp³-hybridized carbons (Fsp3) is 0.158. The van der Waals surface area contributed by atoms with Crippen LogP contribution in [0, 0.1) is 6.92 Å². The Labute approximate surface area is 161 Å². The summed E-state index contributed by atoms with van der Waals surface area (Å²) in [6.45, 7) is 1.82. The average molecular weight is 402 g/mol. The monoisotopic (exact) mass is 402 g/mol. The Morgan fingerprint density at radius 2 is 1.64 bits per heavy atom. The van der Waals surface area contributed by atoms with Gasteiger partial charge in [0.1, 0.15) is 0 Å². The highest BCUT2D eigenvalue weighted by atomic mass is 32.2. The van der Waals surface area contributed by atoms with Gasteiger partial charge in [0.25, 0.3) is 15.9 Å². The minimum Gasteiger partial charge on any atom is -0.493 e. The van der Waals surface area contributed by atoms with Gasteiger partial charge >= 0.3 is 5.69 Å². The summed E-state index contributed by atoms with van der Waals surface area (Å²) in [5, 5.41) is 0. The molecule has 0 N–H and O–H groups in total. The molecule has 0 fully saturated rings. The number of aromatic nitrogens is 2. The summed E-state index contributed by atoms with van der Waals surface area (Å²) in [7, 11) is -1.35. The molecule has 0 aliphatic carbocycles. The first-order valence-corrected chi connectivity index (χ1v) is 9.63. The van der Waals surface area contributed by atoms with E-state index in [2.05, 4.69) is 0 Å². The first-order chi connectivity index (χ1) is 13.3. The first kappa shape index (κ1) is 19.4. The van der Waals surface area contributed by atoms with E-state index in [9.17, 15) is 18.0 Å². The van der Waals surface area contributed by atoms with E-state index in [-0.39, 0.29) is 16.2 Å². The van der Waals surface area contributed by atoms with Crippen LogP contribution in [0.5, 0.6) is 11.5 Å². The standard InChI is InChI=1S/C19H18N2O6S/c1-13-7-9-14(10-8-13)28(24,25)21-12-11-20(19(21)23)18(22)15-5-4-6-16(26-2)17(15)27-3/h4-12H,1-3H3. The third-order valence-electron chi connectivity index (χ3n) is 4.18. The molecule has 0 spiro atoms. The number of rotatable bonds is 5. The maximum absolute atomic E-state index is 12.9. The molecule has 0 saturated heterocycles. The third kappa shape index (κ3) is 3.20. The maximum atomic E-state index is 12.9. The van der Waals surface area contributed by atoms with Crippen molar-refractivity contribution in [3.05, 3.63) is 76.5 Å². The van der Waals surface area contributed by atoms with Crippen molar-refractivity contribution in [3.63, 3.8) is 0 Å². The van der Waals surface area contributed by atoms with Gasteiger partial charge in [0, 0.05) is 12.4 Å². The van der Waals surface area contributed by atoms with Gasteiger partial charge in [-0.25, -0.2) is 17.8 Å². The lowest BCUT2D eigenvalue weighted by molar-refractivity contribution is 0.0952. The Morgan fingerprint density at radius 1 is 0.964 bits per heavy atom. The summed E-state index contributed by atoms with van der Waals surface area (Å²) in [6.07, 6.45) is 2.15. The minimum atomic E-state index is -4.13. The number of hydrogen-bond donors (Lipinski definition) is 0. The number of nitrogens with zero attached hydrogens (tertiary/aromatic N) is 2. The van der Waals surface area contributed by atoms with Crippen molar-refractivity contribution < 1.29 is 22.7 Å². The molecule has 0 bridgehead atoms. The largest absolute Gasteiger partial charge is 0.493 e. The van der Waals surface area contributed by atoms with E-state index in [4.69, 9.17) is 9.47 Å². The zero-order valence-corrected chi connectivity index (χ0v) is 16.3. The van der Waals surface area contributed by atoms with Gasteiger partial charge in [0.15, 0.2) is 11.5 Å². The number of para-hydroxylation sites is 1. The van der Waals surface area contributed by atoms with Gasteiger partial charge in [-0.2, -0.15) is 3.97 Å². The molecule has 0 amide bonds. The molecule has 3 rings (SSSR count). The average Bonchev–Trinajstić information content (AvgIpc) is 3.09. The summed E-state index contributed by atoms with van der Waals surface area (Å²) >= 11 is 0. The van der Waals surface area contributed by atoms with Gasteiger partial charge in [-0.1, -0.05) is 23.8 Å². The number of ether oxygens (including phenoxy) is 2. The molecule has 0 radical (unpaired) electrons. The predicted molar refractivity (Wildman–Crippen MR) is 102 cm³/mol. The van der Waals surface area contributed by atoms with E-state index in [1.807, 2.05) is 6.92 Å². The molecule has 28 heavy (non-hydrogen) atoms. The number of methoxy groups -OCH3 is 2. The van der Waals surface area contributed by atoms with Crippen LogP contribution in [0.25, 0.3) is 0 Å². The van der Waals surface area contributed by atoms with E-state index in [1.54, 1.807) is 24.3 Å². The molecule has 8 nitrogen and oxygen atoms in total. The summed E-state index contributed by atoms with van der Waals surface area (Å²) in [4.78, 5) is 25.5. The highest BCUT2D eigenvalue weighted by Gasteiger charge is 2.25. The highest BCUT2D eigenvalue weighted by Crippen LogP contribution is 2.31. The van der Waals surface area contributed by atoms with Gasteiger partial charge in [0.2, 0.25) is 0 Å². The van der Waals surface area contributed by atoms with Crippen molar-refractivity contribution in [2.24, 2.45) is 0 Å². The number of carbonyl (C=O) groups excluding carboxylic acids is 1. The second-order valence-corrected chi connectivity index (χ2v) is 7.73. The second-order valence-electron chi connectivity index (χ2n) is 5.91. The normalized spacial score (nSPS) is 11.2. The van der Waals surface area contributed by atoms with E-state index < -0.39 is 21.6 Å². The second kappa shape index (κ2) is 7.35. The van der Waals surface area contributed by atoms with Crippen molar-refractivity contribution in [1.82, 2.24) is 8.54 Å². The van der Waals surface area contributed by atoms with E-state index in [0.29, 0.717) is 14.3 Å². The zero-order chi connectivity index (χ0) is 20.5. The van der Waals surface area contributed by atoms with Crippen LogP contribution in [0.2, 0.25) is 0 Å².